The van der Waals surface area contributed by atoms with E-state index in [9.17, 15) is 18.0 Å². The van der Waals surface area contributed by atoms with E-state index in [1.54, 1.807) is 0 Å². The molecule has 2 amide bonds. The van der Waals surface area contributed by atoms with Crippen molar-refractivity contribution in [3.8, 4) is 0 Å². The number of carbonyl (C=O) groups is 1. The summed E-state index contributed by atoms with van der Waals surface area (Å²) >= 11 is 0. The van der Waals surface area contributed by atoms with E-state index in [0.717, 1.165) is 6.07 Å². The summed E-state index contributed by atoms with van der Waals surface area (Å²) in [5, 5.41) is 2.36. The van der Waals surface area contributed by atoms with Crippen molar-refractivity contribution in [3.05, 3.63) is 29.8 Å². The fourth-order valence-corrected chi connectivity index (χ4v) is 2.54. The normalized spacial score (nSPS) is 23.0. The standard InChI is InChI=1S/C14H18F3N3O/c1-9-8-10(18)6-7-20(9)13(21)19-12-5-3-2-4-11(12)14(15,16)17/h2-5,9-10H,6-8,18H2,1H3,(H,19,21). The molecule has 0 bridgehead atoms. The van der Waals surface area contributed by atoms with E-state index in [2.05, 4.69) is 5.32 Å². The number of halogens is 3. The van der Waals surface area contributed by atoms with Gasteiger partial charge >= 0.3 is 12.2 Å². The summed E-state index contributed by atoms with van der Waals surface area (Å²) in [6.07, 6.45) is -3.20. The van der Waals surface area contributed by atoms with Crippen molar-refractivity contribution in [1.29, 1.82) is 0 Å². The molecule has 1 aromatic rings. The molecule has 2 rings (SSSR count). The smallest absolute Gasteiger partial charge is 0.328 e. The molecule has 1 fully saturated rings. The van der Waals surface area contributed by atoms with Gasteiger partial charge in [-0.3, -0.25) is 0 Å². The van der Waals surface area contributed by atoms with Crippen LogP contribution in [0.5, 0.6) is 0 Å². The molecule has 0 spiro atoms. The lowest BCUT2D eigenvalue weighted by Crippen LogP contribution is -2.49. The molecule has 1 heterocycles. The van der Waals surface area contributed by atoms with Gasteiger partial charge in [-0.05, 0) is 31.9 Å². The molecule has 0 aromatic heterocycles. The summed E-state index contributed by atoms with van der Waals surface area (Å²) in [5.41, 5.74) is 4.74. The molecule has 3 N–H and O–H groups in total. The van der Waals surface area contributed by atoms with E-state index >= 15 is 0 Å². The number of alkyl halides is 3. The molecule has 116 valence electrons. The molecule has 2 atom stereocenters. The highest BCUT2D eigenvalue weighted by Crippen LogP contribution is 2.34. The van der Waals surface area contributed by atoms with Gasteiger partial charge in [0.1, 0.15) is 0 Å². The third-order valence-corrected chi connectivity index (χ3v) is 3.65. The number of piperidine rings is 1. The van der Waals surface area contributed by atoms with Gasteiger partial charge in [0.25, 0.3) is 0 Å². The second-order valence-electron chi connectivity index (χ2n) is 5.30. The van der Waals surface area contributed by atoms with Gasteiger partial charge < -0.3 is 16.0 Å². The van der Waals surface area contributed by atoms with Crippen LogP contribution in [0.15, 0.2) is 24.3 Å². The molecule has 1 aromatic carbocycles. The first-order chi connectivity index (χ1) is 9.79. The minimum atomic E-state index is -4.50. The largest absolute Gasteiger partial charge is 0.418 e. The van der Waals surface area contributed by atoms with E-state index in [4.69, 9.17) is 5.73 Å². The third kappa shape index (κ3) is 3.66. The van der Waals surface area contributed by atoms with E-state index in [1.807, 2.05) is 6.92 Å². The highest BCUT2D eigenvalue weighted by molar-refractivity contribution is 5.90. The number of hydrogen-bond acceptors (Lipinski definition) is 2. The SMILES string of the molecule is CC1CC(N)CCN1C(=O)Nc1ccccc1C(F)(F)F. The van der Waals surface area contributed by atoms with Crippen molar-refractivity contribution < 1.29 is 18.0 Å². The van der Waals surface area contributed by atoms with Crippen LogP contribution in [0.1, 0.15) is 25.3 Å². The molecule has 0 saturated carbocycles. The first-order valence-corrected chi connectivity index (χ1v) is 6.78. The van der Waals surface area contributed by atoms with Crippen molar-refractivity contribution in [1.82, 2.24) is 4.90 Å². The third-order valence-electron chi connectivity index (χ3n) is 3.65. The van der Waals surface area contributed by atoms with Gasteiger partial charge in [-0.15, -0.1) is 0 Å². The predicted molar refractivity (Wildman–Crippen MR) is 73.8 cm³/mol. The summed E-state index contributed by atoms with van der Waals surface area (Å²) < 4.78 is 38.7. The van der Waals surface area contributed by atoms with Crippen LogP contribution in [0, 0.1) is 0 Å². The number of nitrogens with two attached hydrogens (primary N) is 1. The molecule has 1 saturated heterocycles. The number of carbonyl (C=O) groups excluding carboxylic acids is 1. The first kappa shape index (κ1) is 15.6. The molecular formula is C14H18F3N3O. The fourth-order valence-electron chi connectivity index (χ4n) is 2.54. The van der Waals surface area contributed by atoms with Gasteiger partial charge in [0.05, 0.1) is 11.3 Å². The van der Waals surface area contributed by atoms with Gasteiger partial charge in [0.15, 0.2) is 0 Å². The molecule has 4 nitrogen and oxygen atoms in total. The van der Waals surface area contributed by atoms with Gasteiger partial charge in [0.2, 0.25) is 0 Å². The maximum absolute atomic E-state index is 12.9. The van der Waals surface area contributed by atoms with E-state index in [-0.39, 0.29) is 17.8 Å². The zero-order valence-corrected chi connectivity index (χ0v) is 11.7. The van der Waals surface area contributed by atoms with Crippen molar-refractivity contribution >= 4 is 11.7 Å². The van der Waals surface area contributed by atoms with E-state index in [0.29, 0.717) is 19.4 Å². The highest BCUT2D eigenvalue weighted by Gasteiger charge is 2.34. The first-order valence-electron chi connectivity index (χ1n) is 6.78. The molecule has 7 heteroatoms. The lowest BCUT2D eigenvalue weighted by Gasteiger charge is -2.36. The zero-order chi connectivity index (χ0) is 15.6. The summed E-state index contributed by atoms with van der Waals surface area (Å²) in [6, 6.07) is 4.37. The van der Waals surface area contributed by atoms with Crippen LogP contribution in [0.2, 0.25) is 0 Å². The Morgan fingerprint density at radius 1 is 1.38 bits per heavy atom. The number of urea groups is 1. The Kier molecular flexibility index (Phi) is 4.41. The molecule has 0 radical (unpaired) electrons. The second kappa shape index (κ2) is 5.93. The summed E-state index contributed by atoms with van der Waals surface area (Å²) in [4.78, 5) is 13.7. The lowest BCUT2D eigenvalue weighted by molar-refractivity contribution is -0.136. The number of amides is 2. The Bertz CT molecular complexity index is 518. The quantitative estimate of drug-likeness (QED) is 0.837. The van der Waals surface area contributed by atoms with Crippen LogP contribution >= 0.6 is 0 Å². The molecule has 21 heavy (non-hydrogen) atoms. The number of hydrogen-bond donors (Lipinski definition) is 2. The number of benzene rings is 1. The molecule has 1 aliphatic rings. The van der Waals surface area contributed by atoms with Crippen molar-refractivity contribution in [2.75, 3.05) is 11.9 Å². The Balaban J connectivity index is 2.13. The average molecular weight is 301 g/mol. The van der Waals surface area contributed by atoms with Gasteiger partial charge in [-0.25, -0.2) is 4.79 Å². The minimum absolute atomic E-state index is 0.0338. The van der Waals surface area contributed by atoms with Gasteiger partial charge in [0, 0.05) is 18.6 Å². The number of nitrogens with one attached hydrogen (secondary N) is 1. The second-order valence-corrected chi connectivity index (χ2v) is 5.30. The Morgan fingerprint density at radius 3 is 2.67 bits per heavy atom. The summed E-state index contributed by atoms with van der Waals surface area (Å²) in [7, 11) is 0. The highest BCUT2D eigenvalue weighted by atomic mass is 19.4. The maximum Gasteiger partial charge on any atom is 0.418 e. The number of likely N-dealkylation sites (tertiary alicyclic amines) is 1. The van der Waals surface area contributed by atoms with Crippen LogP contribution in [0.3, 0.4) is 0 Å². The minimum Gasteiger partial charge on any atom is -0.328 e. The lowest BCUT2D eigenvalue weighted by atomic mass is 10.00. The van der Waals surface area contributed by atoms with Crippen LogP contribution in [-0.4, -0.2) is 29.6 Å². The maximum atomic E-state index is 12.9. The molecule has 1 aliphatic heterocycles. The Hall–Kier alpha value is -1.76. The van der Waals surface area contributed by atoms with Crippen molar-refractivity contribution in [3.63, 3.8) is 0 Å². The van der Waals surface area contributed by atoms with Crippen LogP contribution in [0.25, 0.3) is 0 Å². The fraction of sp³-hybridized carbons (Fsp3) is 0.500. The Morgan fingerprint density at radius 2 is 2.05 bits per heavy atom. The number of rotatable bonds is 1. The monoisotopic (exact) mass is 301 g/mol. The zero-order valence-electron chi connectivity index (χ0n) is 11.7. The number of para-hydroxylation sites is 1. The van der Waals surface area contributed by atoms with Gasteiger partial charge in [-0.2, -0.15) is 13.2 Å². The number of nitrogens with zero attached hydrogens (tertiary/aromatic N) is 1. The predicted octanol–water partition coefficient (Wildman–Crippen LogP) is 3.05. The molecule has 0 aliphatic carbocycles. The average Bonchev–Trinajstić information content (AvgIpc) is 2.37. The van der Waals surface area contributed by atoms with E-state index in [1.165, 1.54) is 23.1 Å². The topological polar surface area (TPSA) is 58.4 Å². The van der Waals surface area contributed by atoms with Gasteiger partial charge in [-0.1, -0.05) is 12.1 Å². The van der Waals surface area contributed by atoms with Crippen LogP contribution < -0.4 is 11.1 Å². The molecule has 2 unspecified atom stereocenters. The van der Waals surface area contributed by atoms with Crippen molar-refractivity contribution in [2.45, 2.75) is 38.0 Å². The van der Waals surface area contributed by atoms with Crippen LogP contribution in [-0.2, 0) is 6.18 Å². The van der Waals surface area contributed by atoms with Crippen molar-refractivity contribution in [2.24, 2.45) is 5.73 Å². The van der Waals surface area contributed by atoms with Crippen LogP contribution in [0.4, 0.5) is 23.7 Å². The summed E-state index contributed by atoms with van der Waals surface area (Å²) in [6.45, 7) is 2.29. The molecular weight excluding hydrogens is 283 g/mol. The van der Waals surface area contributed by atoms with E-state index < -0.39 is 17.8 Å². The summed E-state index contributed by atoms with van der Waals surface area (Å²) in [5.74, 6) is 0. The number of anilines is 1. The Labute approximate surface area is 121 Å².